The van der Waals surface area contributed by atoms with Crippen molar-refractivity contribution in [3.8, 4) is 5.69 Å². The fraction of sp³-hybridized carbons (Fsp3) is 0.231. The van der Waals surface area contributed by atoms with Crippen molar-refractivity contribution < 1.29 is 9.59 Å². The summed E-state index contributed by atoms with van der Waals surface area (Å²) in [6, 6.07) is 14.7. The summed E-state index contributed by atoms with van der Waals surface area (Å²) in [5.74, 6) is -0.177. The molecule has 3 heterocycles. The highest BCUT2D eigenvalue weighted by Gasteiger charge is 2.26. The molecule has 7 nitrogen and oxygen atoms in total. The molecule has 0 radical (unpaired) electrons. The normalized spacial score (nSPS) is 13.0. The minimum absolute atomic E-state index is 0.0173. The molecule has 1 N–H and O–H groups in total. The first-order chi connectivity index (χ1) is 17.3. The van der Waals surface area contributed by atoms with Crippen molar-refractivity contribution in [1.29, 1.82) is 0 Å². The Morgan fingerprint density at radius 3 is 2.69 bits per heavy atom. The van der Waals surface area contributed by atoms with E-state index in [1.807, 2.05) is 43.3 Å². The van der Waals surface area contributed by atoms with E-state index in [4.69, 9.17) is 16.6 Å². The van der Waals surface area contributed by atoms with Gasteiger partial charge in [0, 0.05) is 18.3 Å². The lowest BCUT2D eigenvalue weighted by Gasteiger charge is -2.25. The van der Waals surface area contributed by atoms with E-state index in [9.17, 15) is 14.4 Å². The van der Waals surface area contributed by atoms with E-state index in [2.05, 4.69) is 5.32 Å². The van der Waals surface area contributed by atoms with Crippen LogP contribution in [0.4, 0.5) is 5.69 Å². The van der Waals surface area contributed by atoms with Crippen LogP contribution in [0.2, 0.25) is 5.02 Å². The van der Waals surface area contributed by atoms with Gasteiger partial charge >= 0.3 is 0 Å². The van der Waals surface area contributed by atoms with Crippen molar-refractivity contribution in [2.75, 3.05) is 17.6 Å². The lowest BCUT2D eigenvalue weighted by molar-refractivity contribution is -0.129. The molecular formula is C26H23ClN4O3S2. The first kappa shape index (κ1) is 24.5. The number of thiophene rings is 1. The number of aryl methyl sites for hydroxylation is 1. The van der Waals surface area contributed by atoms with Gasteiger partial charge in [-0.25, -0.2) is 4.98 Å². The minimum Gasteiger partial charge on any atom is -0.337 e. The molecule has 1 aliphatic rings. The Morgan fingerprint density at radius 1 is 1.19 bits per heavy atom. The predicted octanol–water partition coefficient (Wildman–Crippen LogP) is 5.04. The molecule has 184 valence electrons. The number of fused-ring (bicyclic) bond motifs is 3. The first-order valence-electron chi connectivity index (χ1n) is 11.4. The van der Waals surface area contributed by atoms with Gasteiger partial charge in [-0.3, -0.25) is 19.0 Å². The number of nitrogens with one attached hydrogen (secondary N) is 1. The number of carbonyl (C=O) groups excluding carboxylic acids is 2. The summed E-state index contributed by atoms with van der Waals surface area (Å²) in [6.45, 7) is 4.55. The molecule has 4 aromatic rings. The van der Waals surface area contributed by atoms with Gasteiger partial charge in [-0.1, -0.05) is 47.6 Å². The second-order valence-electron chi connectivity index (χ2n) is 8.57. The standard InChI is InChI=1S/C26H23ClN4O3S2/c1-15-8-9-20(19(27)12-15)28-22(33)14-35-26-29-24-23(25(34)31(26)17-6-4-3-5-7-17)18-10-11-30(16(2)32)13-21(18)36-24/h3-9,12H,10-11,13-14H2,1-2H3,(H,28,33). The lowest BCUT2D eigenvalue weighted by Crippen LogP contribution is -2.34. The fourth-order valence-electron chi connectivity index (χ4n) is 4.23. The number of aromatic nitrogens is 2. The van der Waals surface area contributed by atoms with Crippen LogP contribution >= 0.6 is 34.7 Å². The summed E-state index contributed by atoms with van der Waals surface area (Å²) < 4.78 is 1.57. The van der Waals surface area contributed by atoms with Gasteiger partial charge in [0.2, 0.25) is 11.8 Å². The molecule has 0 saturated carbocycles. The van der Waals surface area contributed by atoms with Gasteiger partial charge < -0.3 is 10.2 Å². The van der Waals surface area contributed by atoms with Crippen LogP contribution in [0, 0.1) is 6.92 Å². The molecule has 2 aromatic carbocycles. The minimum atomic E-state index is -0.248. The van der Waals surface area contributed by atoms with Crippen molar-refractivity contribution in [3.63, 3.8) is 0 Å². The molecule has 10 heteroatoms. The summed E-state index contributed by atoms with van der Waals surface area (Å²) in [4.78, 5) is 46.7. The van der Waals surface area contributed by atoms with Crippen molar-refractivity contribution in [2.24, 2.45) is 0 Å². The van der Waals surface area contributed by atoms with E-state index in [1.54, 1.807) is 28.5 Å². The monoisotopic (exact) mass is 538 g/mol. The molecule has 5 rings (SSSR count). The number of hydrogen-bond acceptors (Lipinski definition) is 6. The zero-order valence-electron chi connectivity index (χ0n) is 19.7. The second kappa shape index (κ2) is 10.1. The Morgan fingerprint density at radius 2 is 1.97 bits per heavy atom. The summed E-state index contributed by atoms with van der Waals surface area (Å²) in [5.41, 5.74) is 3.03. The van der Waals surface area contributed by atoms with Crippen LogP contribution in [0.25, 0.3) is 15.9 Å². The molecule has 0 saturated heterocycles. The van der Waals surface area contributed by atoms with Crippen molar-refractivity contribution >= 4 is 62.4 Å². The number of thioether (sulfide) groups is 1. The highest BCUT2D eigenvalue weighted by Crippen LogP contribution is 2.34. The maximum Gasteiger partial charge on any atom is 0.267 e. The van der Waals surface area contributed by atoms with Gasteiger partial charge in [0.15, 0.2) is 5.16 Å². The Bertz CT molecular complexity index is 1550. The summed E-state index contributed by atoms with van der Waals surface area (Å²) >= 11 is 8.90. The van der Waals surface area contributed by atoms with Crippen LogP contribution in [0.5, 0.6) is 0 Å². The van der Waals surface area contributed by atoms with Crippen LogP contribution in [-0.2, 0) is 22.6 Å². The molecule has 0 bridgehead atoms. The molecule has 1 aliphatic heterocycles. The average Bonchev–Trinajstić information content (AvgIpc) is 3.23. The van der Waals surface area contributed by atoms with E-state index in [-0.39, 0.29) is 23.1 Å². The number of rotatable bonds is 5. The first-order valence-corrected chi connectivity index (χ1v) is 13.6. The number of amides is 2. The van der Waals surface area contributed by atoms with Crippen LogP contribution in [0.3, 0.4) is 0 Å². The smallest absolute Gasteiger partial charge is 0.267 e. The van der Waals surface area contributed by atoms with Crippen LogP contribution in [0.15, 0.2) is 58.5 Å². The molecule has 0 spiro atoms. The van der Waals surface area contributed by atoms with Crippen LogP contribution in [0.1, 0.15) is 22.9 Å². The predicted molar refractivity (Wildman–Crippen MR) is 146 cm³/mol. The number of benzene rings is 2. The SMILES string of the molecule is CC(=O)N1CCc2c(sc3nc(SCC(=O)Nc4ccc(C)cc4Cl)n(-c4ccccc4)c(=O)c23)C1. The van der Waals surface area contributed by atoms with Crippen molar-refractivity contribution in [1.82, 2.24) is 14.5 Å². The largest absolute Gasteiger partial charge is 0.337 e. The van der Waals surface area contributed by atoms with Crippen molar-refractivity contribution in [2.45, 2.75) is 32.0 Å². The summed E-state index contributed by atoms with van der Waals surface area (Å²) in [5, 5.41) is 4.34. The topological polar surface area (TPSA) is 84.3 Å². The molecular weight excluding hydrogens is 516 g/mol. The van der Waals surface area contributed by atoms with Crippen LogP contribution < -0.4 is 10.9 Å². The highest BCUT2D eigenvalue weighted by atomic mass is 35.5. The molecule has 2 amide bonds. The Balaban J connectivity index is 1.51. The van der Waals surface area contributed by atoms with Gasteiger partial charge in [0.25, 0.3) is 5.56 Å². The summed E-state index contributed by atoms with van der Waals surface area (Å²) in [6.07, 6.45) is 0.618. The van der Waals surface area contributed by atoms with E-state index in [0.29, 0.717) is 51.3 Å². The number of anilines is 1. The lowest BCUT2D eigenvalue weighted by atomic mass is 10.1. The highest BCUT2D eigenvalue weighted by molar-refractivity contribution is 7.99. The summed E-state index contributed by atoms with van der Waals surface area (Å²) in [7, 11) is 0. The Labute approximate surface area is 221 Å². The molecule has 2 aromatic heterocycles. The van der Waals surface area contributed by atoms with Gasteiger partial charge in [-0.2, -0.15) is 0 Å². The maximum absolute atomic E-state index is 13.8. The van der Waals surface area contributed by atoms with E-state index in [1.165, 1.54) is 23.1 Å². The van der Waals surface area contributed by atoms with E-state index in [0.717, 1.165) is 16.0 Å². The second-order valence-corrected chi connectivity index (χ2v) is 11.0. The Kier molecular flexibility index (Phi) is 6.87. The van der Waals surface area contributed by atoms with Crippen LogP contribution in [-0.4, -0.2) is 38.6 Å². The van der Waals surface area contributed by atoms with Crippen molar-refractivity contribution in [3.05, 3.63) is 79.9 Å². The average molecular weight is 539 g/mol. The molecule has 0 atom stereocenters. The number of carbonyl (C=O) groups is 2. The van der Waals surface area contributed by atoms with Gasteiger partial charge in [0.05, 0.1) is 34.1 Å². The zero-order valence-corrected chi connectivity index (χ0v) is 22.1. The van der Waals surface area contributed by atoms with Gasteiger partial charge in [-0.15, -0.1) is 11.3 Å². The number of halogens is 1. The third-order valence-corrected chi connectivity index (χ3v) is 8.40. The quantitative estimate of drug-likeness (QED) is 0.284. The van der Waals surface area contributed by atoms with E-state index < -0.39 is 0 Å². The molecule has 0 aliphatic carbocycles. The van der Waals surface area contributed by atoms with Gasteiger partial charge in [-0.05, 0) is 48.7 Å². The Hall–Kier alpha value is -3.14. The molecule has 36 heavy (non-hydrogen) atoms. The molecule has 0 unspecified atom stereocenters. The van der Waals surface area contributed by atoms with E-state index >= 15 is 0 Å². The fourth-order valence-corrected chi connectivity index (χ4v) is 6.60. The third-order valence-electron chi connectivity index (χ3n) is 6.03. The number of hydrogen-bond donors (Lipinski definition) is 1. The number of nitrogens with zero attached hydrogens (tertiary/aromatic N) is 3. The zero-order chi connectivity index (χ0) is 25.4. The third kappa shape index (κ3) is 4.78. The number of para-hydroxylation sites is 1. The van der Waals surface area contributed by atoms with Gasteiger partial charge in [0.1, 0.15) is 4.83 Å². The maximum atomic E-state index is 13.8. The molecule has 0 fully saturated rings.